The summed E-state index contributed by atoms with van der Waals surface area (Å²) < 4.78 is 11.8. The van der Waals surface area contributed by atoms with Crippen LogP contribution in [0.3, 0.4) is 0 Å². The molecule has 4 fully saturated rings. The van der Waals surface area contributed by atoms with Crippen molar-refractivity contribution in [3.05, 3.63) is 0 Å². The Bertz CT molecular complexity index is 866. The van der Waals surface area contributed by atoms with Crippen LogP contribution in [-0.4, -0.2) is 36.4 Å². The van der Waals surface area contributed by atoms with E-state index in [0.29, 0.717) is 37.1 Å². The molecular weight excluding hydrogens is 426 g/mol. The topological polar surface area (TPSA) is 65.0 Å². The molecule has 5 rings (SSSR count). The van der Waals surface area contributed by atoms with Gasteiger partial charge in [0.15, 0.2) is 5.90 Å². The summed E-state index contributed by atoms with van der Waals surface area (Å²) in [6, 6.07) is 0. The van der Waals surface area contributed by atoms with Crippen molar-refractivity contribution in [2.75, 3.05) is 6.61 Å². The highest BCUT2D eigenvalue weighted by Crippen LogP contribution is 2.69. The third kappa shape index (κ3) is 3.50. The minimum atomic E-state index is -0.219. The SMILES string of the molecule is CC[C@@H](C)[C@H]1CC[C@H]2[C@@H]3C(=O)C[C@@H]4C[C@H](OC=O)CC(C5=NC(C)(C)CO5)[C@]4(C)[C@H]3CC[C@]12C. The minimum absolute atomic E-state index is 0.0453. The van der Waals surface area contributed by atoms with Crippen LogP contribution in [0.25, 0.3) is 0 Å². The van der Waals surface area contributed by atoms with Gasteiger partial charge in [-0.25, -0.2) is 4.99 Å². The number of fused-ring (bicyclic) bond motifs is 5. The van der Waals surface area contributed by atoms with Crippen molar-refractivity contribution in [3.8, 4) is 0 Å². The van der Waals surface area contributed by atoms with Crippen LogP contribution in [0.2, 0.25) is 0 Å². The lowest BCUT2D eigenvalue weighted by Crippen LogP contribution is -2.61. The number of hydrogen-bond acceptors (Lipinski definition) is 5. The Balaban J connectivity index is 1.52. The van der Waals surface area contributed by atoms with Gasteiger partial charge in [0.2, 0.25) is 0 Å². The number of ether oxygens (including phenoxy) is 2. The zero-order valence-electron chi connectivity index (χ0n) is 22.1. The van der Waals surface area contributed by atoms with Crippen LogP contribution in [0, 0.1) is 52.3 Å². The lowest BCUT2D eigenvalue weighted by atomic mass is 9.42. The molecule has 4 aliphatic carbocycles. The second-order valence-corrected chi connectivity index (χ2v) is 13.5. The van der Waals surface area contributed by atoms with Gasteiger partial charge >= 0.3 is 0 Å². The molecule has 1 heterocycles. The Kier molecular flexibility index (Phi) is 5.96. The molecule has 4 saturated carbocycles. The summed E-state index contributed by atoms with van der Waals surface area (Å²) in [7, 11) is 0. The maximum Gasteiger partial charge on any atom is 0.293 e. The van der Waals surface area contributed by atoms with E-state index < -0.39 is 0 Å². The number of aliphatic imine (C=N–C) groups is 1. The highest BCUT2D eigenvalue weighted by molar-refractivity contribution is 5.86. The molecule has 0 N–H and O–H groups in total. The van der Waals surface area contributed by atoms with E-state index in [1.165, 1.54) is 25.7 Å². The maximum atomic E-state index is 13.9. The molecule has 190 valence electrons. The molecule has 0 aromatic carbocycles. The highest BCUT2D eigenvalue weighted by atomic mass is 16.5. The fourth-order valence-electron chi connectivity index (χ4n) is 9.61. The normalized spacial score (nSPS) is 48.1. The van der Waals surface area contributed by atoms with Gasteiger partial charge < -0.3 is 9.47 Å². The Morgan fingerprint density at radius 1 is 1.15 bits per heavy atom. The average molecular weight is 472 g/mol. The third-order valence-electron chi connectivity index (χ3n) is 11.5. The van der Waals surface area contributed by atoms with Crippen LogP contribution in [0.4, 0.5) is 0 Å². The van der Waals surface area contributed by atoms with Crippen molar-refractivity contribution in [2.24, 2.45) is 57.2 Å². The summed E-state index contributed by atoms with van der Waals surface area (Å²) in [6.45, 7) is 15.1. The number of hydrogen-bond donors (Lipinski definition) is 0. The molecule has 0 spiro atoms. The number of ketones is 1. The largest absolute Gasteiger partial charge is 0.478 e. The Morgan fingerprint density at radius 3 is 2.56 bits per heavy atom. The molecule has 0 amide bonds. The van der Waals surface area contributed by atoms with E-state index in [9.17, 15) is 9.59 Å². The van der Waals surface area contributed by atoms with Gasteiger partial charge in [-0.3, -0.25) is 9.59 Å². The van der Waals surface area contributed by atoms with Gasteiger partial charge in [0.1, 0.15) is 18.5 Å². The van der Waals surface area contributed by atoms with Crippen molar-refractivity contribution in [1.82, 2.24) is 0 Å². The van der Waals surface area contributed by atoms with Crippen LogP contribution < -0.4 is 0 Å². The highest BCUT2D eigenvalue weighted by Gasteiger charge is 2.66. The van der Waals surface area contributed by atoms with Crippen molar-refractivity contribution < 1.29 is 19.1 Å². The second-order valence-electron chi connectivity index (χ2n) is 13.5. The van der Waals surface area contributed by atoms with Gasteiger partial charge in [0, 0.05) is 18.3 Å². The lowest BCUT2D eigenvalue weighted by Gasteiger charge is -2.62. The lowest BCUT2D eigenvalue weighted by molar-refractivity contribution is -0.171. The van der Waals surface area contributed by atoms with E-state index in [2.05, 4.69) is 41.5 Å². The van der Waals surface area contributed by atoms with Crippen LogP contribution in [0.5, 0.6) is 0 Å². The van der Waals surface area contributed by atoms with Gasteiger partial charge in [-0.05, 0) is 92.8 Å². The Hall–Kier alpha value is -1.39. The summed E-state index contributed by atoms with van der Waals surface area (Å²) in [6.07, 6.45) is 8.05. The first-order chi connectivity index (χ1) is 16.0. The standard InChI is InChI=1S/C29H45NO4/c1-7-17(2)20-8-9-21-25-22(10-11-28(20,21)5)29(6)18(13-24(25)32)12-19(34-16-31)14-23(29)26-30-27(3,4)15-33-26/h16-23,25H,7-15H2,1-6H3/t17-,18+,19+,20-,21+,22+,23?,25+,28-,29+/m1/s1. The van der Waals surface area contributed by atoms with E-state index in [1.54, 1.807) is 0 Å². The number of nitrogens with zero attached hydrogens (tertiary/aromatic N) is 1. The first-order valence-electron chi connectivity index (χ1n) is 13.9. The predicted octanol–water partition coefficient (Wildman–Crippen LogP) is 5.85. The molecule has 0 aromatic rings. The summed E-state index contributed by atoms with van der Waals surface area (Å²) in [4.78, 5) is 30.2. The first kappa shape index (κ1) is 24.3. The quantitative estimate of drug-likeness (QED) is 0.472. The summed E-state index contributed by atoms with van der Waals surface area (Å²) in [5.41, 5.74) is 0.0200. The molecule has 34 heavy (non-hydrogen) atoms. The molecule has 5 aliphatic rings. The number of Topliss-reactive ketones (excluding diaryl/α,β-unsaturated/α-hetero) is 1. The molecule has 1 aliphatic heterocycles. The van der Waals surface area contributed by atoms with E-state index in [-0.39, 0.29) is 40.2 Å². The van der Waals surface area contributed by atoms with Crippen LogP contribution in [0.15, 0.2) is 4.99 Å². The summed E-state index contributed by atoms with van der Waals surface area (Å²) in [5, 5.41) is 0. The second kappa shape index (κ2) is 8.34. The zero-order valence-corrected chi connectivity index (χ0v) is 22.1. The Morgan fingerprint density at radius 2 is 1.91 bits per heavy atom. The van der Waals surface area contributed by atoms with E-state index in [4.69, 9.17) is 14.5 Å². The van der Waals surface area contributed by atoms with Crippen molar-refractivity contribution in [1.29, 1.82) is 0 Å². The molecule has 0 saturated heterocycles. The number of carbonyl (C=O) groups is 2. The van der Waals surface area contributed by atoms with Crippen LogP contribution in [0.1, 0.15) is 92.9 Å². The summed E-state index contributed by atoms with van der Waals surface area (Å²) >= 11 is 0. The van der Waals surface area contributed by atoms with E-state index in [1.807, 2.05) is 0 Å². The molecule has 5 nitrogen and oxygen atoms in total. The zero-order chi connectivity index (χ0) is 24.5. The Labute approximate surface area is 205 Å². The fraction of sp³-hybridized carbons (Fsp3) is 0.897. The predicted molar refractivity (Wildman–Crippen MR) is 132 cm³/mol. The number of rotatable bonds is 5. The van der Waals surface area contributed by atoms with Gasteiger partial charge in [-0.2, -0.15) is 0 Å². The van der Waals surface area contributed by atoms with Crippen molar-refractivity contribution in [2.45, 2.75) is 105 Å². The number of carbonyl (C=O) groups excluding carboxylic acids is 2. The third-order valence-corrected chi connectivity index (χ3v) is 11.5. The smallest absolute Gasteiger partial charge is 0.293 e. The van der Waals surface area contributed by atoms with E-state index in [0.717, 1.165) is 37.0 Å². The molecule has 0 bridgehead atoms. The summed E-state index contributed by atoms with van der Waals surface area (Å²) in [5.74, 6) is 4.14. The molecule has 5 heteroatoms. The van der Waals surface area contributed by atoms with Gasteiger partial charge in [-0.1, -0.05) is 34.1 Å². The average Bonchev–Trinajstić information content (AvgIpc) is 3.32. The molecule has 0 radical (unpaired) electrons. The minimum Gasteiger partial charge on any atom is -0.478 e. The van der Waals surface area contributed by atoms with Crippen LogP contribution >= 0.6 is 0 Å². The monoisotopic (exact) mass is 471 g/mol. The van der Waals surface area contributed by atoms with E-state index >= 15 is 0 Å². The van der Waals surface area contributed by atoms with Gasteiger partial charge in [0.25, 0.3) is 6.47 Å². The van der Waals surface area contributed by atoms with Crippen molar-refractivity contribution >= 4 is 18.2 Å². The molecule has 0 aromatic heterocycles. The first-order valence-corrected chi connectivity index (χ1v) is 13.9. The van der Waals surface area contributed by atoms with Gasteiger partial charge in [0.05, 0.1) is 5.54 Å². The maximum absolute atomic E-state index is 13.9. The van der Waals surface area contributed by atoms with Crippen LogP contribution in [-0.2, 0) is 19.1 Å². The van der Waals surface area contributed by atoms with Gasteiger partial charge in [-0.15, -0.1) is 0 Å². The molecule has 10 atom stereocenters. The fourth-order valence-corrected chi connectivity index (χ4v) is 9.61. The van der Waals surface area contributed by atoms with Crippen molar-refractivity contribution in [3.63, 3.8) is 0 Å². The molecule has 1 unspecified atom stereocenters. The molecular formula is C29H45NO4.